The van der Waals surface area contributed by atoms with Crippen molar-refractivity contribution in [1.82, 2.24) is 4.90 Å². The standard InChI is InChI=1S/C37H31NO4S/c39-35(40)34(25-43)38(36(41)42-24-27-14-12-22-32-31-21-11-10-13-26(31)23-33(27)32)37(28-15-4-1-5-16-28,29-17-6-2-7-18-29)30-19-8-3-9-20-30/h1-22,34,43H,23-25H2,(H,39,40)/t34-/m0/s1. The summed E-state index contributed by atoms with van der Waals surface area (Å²) < 4.78 is 6.11. The molecule has 0 unspecified atom stereocenters. The van der Waals surface area contributed by atoms with Crippen LogP contribution in [-0.4, -0.2) is 33.9 Å². The number of aliphatic carboxylic acids is 1. The first-order chi connectivity index (χ1) is 21.1. The van der Waals surface area contributed by atoms with Gasteiger partial charge in [-0.15, -0.1) is 0 Å². The molecule has 214 valence electrons. The zero-order valence-electron chi connectivity index (χ0n) is 23.5. The van der Waals surface area contributed by atoms with Crippen molar-refractivity contribution in [2.24, 2.45) is 0 Å². The highest BCUT2D eigenvalue weighted by Crippen LogP contribution is 2.44. The van der Waals surface area contributed by atoms with Crippen LogP contribution in [0.3, 0.4) is 0 Å². The van der Waals surface area contributed by atoms with E-state index < -0.39 is 23.6 Å². The lowest BCUT2D eigenvalue weighted by atomic mass is 9.75. The number of hydrogen-bond acceptors (Lipinski definition) is 4. The largest absolute Gasteiger partial charge is 0.480 e. The Morgan fingerprint density at radius 2 is 1.23 bits per heavy atom. The van der Waals surface area contributed by atoms with Crippen LogP contribution in [0.25, 0.3) is 11.1 Å². The van der Waals surface area contributed by atoms with Crippen LogP contribution in [0.2, 0.25) is 0 Å². The van der Waals surface area contributed by atoms with E-state index in [2.05, 4.69) is 30.8 Å². The number of carbonyl (C=O) groups is 2. The average molecular weight is 586 g/mol. The van der Waals surface area contributed by atoms with Gasteiger partial charge in [-0.1, -0.05) is 133 Å². The number of ether oxygens (including phenoxy) is 1. The van der Waals surface area contributed by atoms with Crippen LogP contribution in [0.4, 0.5) is 4.79 Å². The number of benzene rings is 5. The Morgan fingerprint density at radius 3 is 1.77 bits per heavy atom. The van der Waals surface area contributed by atoms with Crippen molar-refractivity contribution >= 4 is 24.7 Å². The lowest BCUT2D eigenvalue weighted by molar-refractivity contribution is -0.143. The van der Waals surface area contributed by atoms with E-state index in [1.807, 2.05) is 115 Å². The smallest absolute Gasteiger partial charge is 0.412 e. The van der Waals surface area contributed by atoms with Gasteiger partial charge in [0.1, 0.15) is 18.2 Å². The fraction of sp³-hybridized carbons (Fsp3) is 0.135. The monoisotopic (exact) mass is 585 g/mol. The van der Waals surface area contributed by atoms with Crippen LogP contribution >= 0.6 is 12.6 Å². The minimum atomic E-state index is -1.33. The number of carboxylic acid groups (broad SMARTS) is 1. The van der Waals surface area contributed by atoms with Gasteiger partial charge in [-0.3, -0.25) is 4.90 Å². The molecule has 1 aliphatic carbocycles. The van der Waals surface area contributed by atoms with Crippen LogP contribution in [0.15, 0.2) is 133 Å². The molecule has 6 heteroatoms. The molecule has 5 aromatic rings. The molecule has 1 atom stereocenters. The lowest BCUT2D eigenvalue weighted by Gasteiger charge is -2.47. The number of hydrogen-bond donors (Lipinski definition) is 2. The molecule has 0 radical (unpaired) electrons. The number of rotatable bonds is 9. The van der Waals surface area contributed by atoms with Gasteiger partial charge in [-0.05, 0) is 50.9 Å². The number of amides is 1. The summed E-state index contributed by atoms with van der Waals surface area (Å²) in [7, 11) is 0. The van der Waals surface area contributed by atoms with E-state index in [0.717, 1.165) is 39.8 Å². The molecular weight excluding hydrogens is 554 g/mol. The Kier molecular flexibility index (Phi) is 8.03. The zero-order valence-corrected chi connectivity index (χ0v) is 24.4. The topological polar surface area (TPSA) is 66.8 Å². The molecule has 0 heterocycles. The summed E-state index contributed by atoms with van der Waals surface area (Å²) in [5, 5.41) is 10.5. The summed E-state index contributed by atoms with van der Waals surface area (Å²) in [6.45, 7) is -0.000144. The van der Waals surface area contributed by atoms with E-state index in [1.54, 1.807) is 0 Å². The molecule has 0 bridgehead atoms. The first kappa shape index (κ1) is 28.3. The van der Waals surface area contributed by atoms with Crippen LogP contribution < -0.4 is 0 Å². The molecule has 0 saturated carbocycles. The van der Waals surface area contributed by atoms with Gasteiger partial charge in [0.05, 0.1) is 0 Å². The maximum absolute atomic E-state index is 14.5. The Bertz CT molecular complexity index is 1640. The fourth-order valence-corrected chi connectivity index (χ4v) is 6.61. The van der Waals surface area contributed by atoms with Gasteiger partial charge < -0.3 is 9.84 Å². The Labute approximate surface area is 256 Å². The second-order valence-electron chi connectivity index (χ2n) is 10.5. The molecule has 5 aromatic carbocycles. The maximum atomic E-state index is 14.5. The van der Waals surface area contributed by atoms with Gasteiger partial charge in [-0.2, -0.15) is 12.6 Å². The van der Waals surface area contributed by atoms with Crippen molar-refractivity contribution in [3.63, 3.8) is 0 Å². The van der Waals surface area contributed by atoms with Gasteiger partial charge in [0.25, 0.3) is 0 Å². The summed E-state index contributed by atoms with van der Waals surface area (Å²) >= 11 is 4.45. The first-order valence-electron chi connectivity index (χ1n) is 14.2. The number of thiol groups is 1. The molecule has 1 amide bonds. The summed E-state index contributed by atoms with van der Waals surface area (Å²) in [5.41, 5.74) is 6.42. The summed E-state index contributed by atoms with van der Waals surface area (Å²) in [4.78, 5) is 28.7. The number of fused-ring (bicyclic) bond motifs is 3. The third kappa shape index (κ3) is 5.08. The third-order valence-electron chi connectivity index (χ3n) is 8.20. The van der Waals surface area contributed by atoms with Crippen LogP contribution in [0.5, 0.6) is 0 Å². The lowest BCUT2D eigenvalue weighted by Crippen LogP contribution is -2.59. The molecule has 0 aliphatic heterocycles. The van der Waals surface area contributed by atoms with E-state index in [4.69, 9.17) is 4.74 Å². The van der Waals surface area contributed by atoms with Gasteiger partial charge in [0.2, 0.25) is 0 Å². The van der Waals surface area contributed by atoms with Crippen LogP contribution in [0.1, 0.15) is 33.4 Å². The molecule has 1 aliphatic rings. The summed E-state index contributed by atoms with van der Waals surface area (Å²) in [6.07, 6.45) is 0.00499. The molecule has 0 spiro atoms. The minimum absolute atomic E-state index is 0.000144. The number of carboxylic acids is 1. The predicted octanol–water partition coefficient (Wildman–Crippen LogP) is 7.57. The molecule has 0 aromatic heterocycles. The second-order valence-corrected chi connectivity index (χ2v) is 10.9. The fourth-order valence-electron chi connectivity index (χ4n) is 6.29. The average Bonchev–Trinajstić information content (AvgIpc) is 3.44. The summed E-state index contributed by atoms with van der Waals surface area (Å²) in [6, 6.07) is 41.5. The van der Waals surface area contributed by atoms with Gasteiger partial charge in [0.15, 0.2) is 0 Å². The molecule has 0 saturated heterocycles. The number of carbonyl (C=O) groups excluding carboxylic acids is 1. The normalized spacial score (nSPS) is 12.6. The molecular formula is C37H31NO4S. The Morgan fingerprint density at radius 1 is 0.721 bits per heavy atom. The minimum Gasteiger partial charge on any atom is -0.480 e. The van der Waals surface area contributed by atoms with Gasteiger partial charge in [-0.25, -0.2) is 9.59 Å². The van der Waals surface area contributed by atoms with Crippen molar-refractivity contribution in [3.05, 3.63) is 167 Å². The summed E-state index contributed by atoms with van der Waals surface area (Å²) in [5.74, 6) is -1.29. The van der Waals surface area contributed by atoms with Crippen molar-refractivity contribution in [2.75, 3.05) is 5.75 Å². The highest BCUT2D eigenvalue weighted by Gasteiger charge is 2.50. The van der Waals surface area contributed by atoms with Crippen LogP contribution in [-0.2, 0) is 28.1 Å². The highest BCUT2D eigenvalue weighted by molar-refractivity contribution is 7.80. The van der Waals surface area contributed by atoms with E-state index in [-0.39, 0.29) is 12.4 Å². The van der Waals surface area contributed by atoms with Crippen molar-refractivity contribution < 1.29 is 19.4 Å². The zero-order chi connectivity index (χ0) is 29.8. The van der Waals surface area contributed by atoms with E-state index >= 15 is 0 Å². The van der Waals surface area contributed by atoms with Gasteiger partial charge >= 0.3 is 12.1 Å². The molecule has 5 nitrogen and oxygen atoms in total. The molecule has 0 fully saturated rings. The van der Waals surface area contributed by atoms with Crippen molar-refractivity contribution in [2.45, 2.75) is 24.6 Å². The highest BCUT2D eigenvalue weighted by atomic mass is 32.1. The molecule has 6 rings (SSSR count). The number of nitrogens with zero attached hydrogens (tertiary/aromatic N) is 1. The van der Waals surface area contributed by atoms with Gasteiger partial charge in [0, 0.05) is 5.75 Å². The van der Waals surface area contributed by atoms with Crippen molar-refractivity contribution in [1.29, 1.82) is 0 Å². The Hall–Kier alpha value is -4.81. The second kappa shape index (κ2) is 12.2. The maximum Gasteiger partial charge on any atom is 0.412 e. The van der Waals surface area contributed by atoms with Crippen LogP contribution in [0, 0.1) is 0 Å². The van der Waals surface area contributed by atoms with E-state index in [1.165, 1.54) is 16.0 Å². The quantitative estimate of drug-likeness (QED) is 0.136. The molecule has 43 heavy (non-hydrogen) atoms. The molecule has 1 N–H and O–H groups in total. The predicted molar refractivity (Wildman–Crippen MR) is 171 cm³/mol. The first-order valence-corrected chi connectivity index (χ1v) is 14.8. The third-order valence-corrected chi connectivity index (χ3v) is 8.55. The Balaban J connectivity index is 1.49. The van der Waals surface area contributed by atoms with E-state index in [0.29, 0.717) is 0 Å². The SMILES string of the molecule is O=C(O)[C@H](CS)N(C(=O)OCc1cccc2c1Cc1ccccc1-2)C(c1ccccc1)(c1ccccc1)c1ccccc1. The van der Waals surface area contributed by atoms with E-state index in [9.17, 15) is 14.7 Å². The van der Waals surface area contributed by atoms with Crippen molar-refractivity contribution in [3.8, 4) is 11.1 Å².